The topological polar surface area (TPSA) is 30.5 Å². The van der Waals surface area contributed by atoms with Crippen LogP contribution in [0.3, 0.4) is 0 Å². The molecular weight excluding hydrogens is 293 g/mol. The molecule has 0 fully saturated rings. The van der Waals surface area contributed by atoms with Gasteiger partial charge in [-0.1, -0.05) is 35.9 Å². The molecule has 0 aliphatic rings. The number of nitrogens with one attached hydrogen (secondary N) is 1. The average Bonchev–Trinajstić information content (AvgIpc) is 2.50. The highest BCUT2D eigenvalue weighted by molar-refractivity contribution is 6.30. The van der Waals surface area contributed by atoms with Crippen LogP contribution in [0.5, 0.6) is 11.5 Å². The second kappa shape index (κ2) is 7.98. The Morgan fingerprint density at radius 1 is 1.10 bits per heavy atom. The lowest BCUT2D eigenvalue weighted by Crippen LogP contribution is -2.18. The minimum absolute atomic E-state index is 0.0446. The highest BCUT2D eigenvalue weighted by atomic mass is 35.5. The van der Waals surface area contributed by atoms with Gasteiger partial charge in [-0.2, -0.15) is 0 Å². The van der Waals surface area contributed by atoms with E-state index in [-0.39, 0.29) is 10.8 Å². The third-order valence-corrected chi connectivity index (χ3v) is 3.20. The molecule has 0 aromatic heterocycles. The summed E-state index contributed by atoms with van der Waals surface area (Å²) in [4.78, 5) is 0. The van der Waals surface area contributed by atoms with Gasteiger partial charge in [0, 0.05) is 25.8 Å². The zero-order chi connectivity index (χ0) is 15.1. The van der Waals surface area contributed by atoms with Crippen LogP contribution in [0.15, 0.2) is 42.5 Å². The molecule has 0 atom stereocenters. The number of halogens is 2. The van der Waals surface area contributed by atoms with E-state index in [9.17, 15) is 4.39 Å². The molecule has 2 aromatic carbocycles. The Bertz CT molecular complexity index is 592. The van der Waals surface area contributed by atoms with Crippen LogP contribution < -0.4 is 10.1 Å². The SMILES string of the molecule is COCCNCc1ccccc1Oc1cccc(Cl)c1F. The first kappa shape index (κ1) is 15.8. The first-order valence-electron chi connectivity index (χ1n) is 6.62. The monoisotopic (exact) mass is 309 g/mol. The summed E-state index contributed by atoms with van der Waals surface area (Å²) in [5.74, 6) is 0.164. The summed E-state index contributed by atoms with van der Waals surface area (Å²) in [5, 5.41) is 3.27. The van der Waals surface area contributed by atoms with Crippen molar-refractivity contribution >= 4 is 11.6 Å². The predicted molar refractivity (Wildman–Crippen MR) is 81.5 cm³/mol. The van der Waals surface area contributed by atoms with Gasteiger partial charge >= 0.3 is 0 Å². The number of benzene rings is 2. The molecular formula is C16H17ClFNO2. The van der Waals surface area contributed by atoms with Gasteiger partial charge in [0.05, 0.1) is 11.6 Å². The van der Waals surface area contributed by atoms with Crippen molar-refractivity contribution in [2.75, 3.05) is 20.3 Å². The molecule has 0 radical (unpaired) electrons. The van der Waals surface area contributed by atoms with Crippen molar-refractivity contribution in [1.29, 1.82) is 0 Å². The molecule has 0 saturated heterocycles. The molecule has 0 aliphatic heterocycles. The van der Waals surface area contributed by atoms with Crippen LogP contribution in [-0.4, -0.2) is 20.3 Å². The number of methoxy groups -OCH3 is 1. The van der Waals surface area contributed by atoms with Crippen molar-refractivity contribution in [2.45, 2.75) is 6.54 Å². The molecule has 3 nitrogen and oxygen atoms in total. The van der Waals surface area contributed by atoms with Crippen LogP contribution in [0.2, 0.25) is 5.02 Å². The summed E-state index contributed by atoms with van der Waals surface area (Å²) in [6, 6.07) is 12.2. The molecule has 0 spiro atoms. The summed E-state index contributed by atoms with van der Waals surface area (Å²) in [6.07, 6.45) is 0. The smallest absolute Gasteiger partial charge is 0.184 e. The standard InChI is InChI=1S/C16H17ClFNO2/c1-20-10-9-19-11-12-5-2-3-7-14(12)21-15-8-4-6-13(17)16(15)18/h2-8,19H,9-11H2,1H3. The zero-order valence-electron chi connectivity index (χ0n) is 11.7. The molecule has 0 aliphatic carbocycles. The zero-order valence-corrected chi connectivity index (χ0v) is 12.5. The third kappa shape index (κ3) is 4.43. The fourth-order valence-corrected chi connectivity index (χ4v) is 1.99. The molecule has 1 N–H and O–H groups in total. The quantitative estimate of drug-likeness (QED) is 0.784. The number of para-hydroxylation sites is 1. The first-order valence-corrected chi connectivity index (χ1v) is 6.99. The van der Waals surface area contributed by atoms with Gasteiger partial charge in [-0.15, -0.1) is 0 Å². The lowest BCUT2D eigenvalue weighted by Gasteiger charge is -2.12. The summed E-state index contributed by atoms with van der Waals surface area (Å²) >= 11 is 5.76. The Kier molecular flexibility index (Phi) is 5.99. The molecule has 2 aromatic rings. The van der Waals surface area contributed by atoms with Gasteiger partial charge < -0.3 is 14.8 Å². The van der Waals surface area contributed by atoms with E-state index in [2.05, 4.69) is 5.32 Å². The molecule has 5 heteroatoms. The van der Waals surface area contributed by atoms with Crippen molar-refractivity contribution in [2.24, 2.45) is 0 Å². The maximum absolute atomic E-state index is 13.9. The predicted octanol–water partition coefficient (Wildman–Crippen LogP) is 4.01. The molecule has 0 amide bonds. The number of rotatable bonds is 7. The second-order valence-electron chi connectivity index (χ2n) is 4.43. The van der Waals surface area contributed by atoms with Crippen LogP contribution in [0.25, 0.3) is 0 Å². The maximum Gasteiger partial charge on any atom is 0.184 e. The molecule has 0 unspecified atom stereocenters. The molecule has 0 saturated carbocycles. The normalized spacial score (nSPS) is 10.6. The average molecular weight is 310 g/mol. The fourth-order valence-electron chi connectivity index (χ4n) is 1.83. The highest BCUT2D eigenvalue weighted by Crippen LogP contribution is 2.30. The molecule has 0 heterocycles. The highest BCUT2D eigenvalue weighted by Gasteiger charge is 2.10. The van der Waals surface area contributed by atoms with E-state index in [0.29, 0.717) is 18.9 Å². The molecule has 112 valence electrons. The van der Waals surface area contributed by atoms with Gasteiger partial charge in [-0.3, -0.25) is 0 Å². The molecule has 2 rings (SSSR count). The fraction of sp³-hybridized carbons (Fsp3) is 0.250. The van der Waals surface area contributed by atoms with E-state index in [1.165, 1.54) is 6.07 Å². The molecule has 21 heavy (non-hydrogen) atoms. The van der Waals surface area contributed by atoms with Crippen molar-refractivity contribution in [3.05, 3.63) is 58.9 Å². The van der Waals surface area contributed by atoms with Crippen LogP contribution in [0, 0.1) is 5.82 Å². The summed E-state index contributed by atoms with van der Waals surface area (Å²) < 4.78 is 24.5. The minimum Gasteiger partial charge on any atom is -0.454 e. The summed E-state index contributed by atoms with van der Waals surface area (Å²) in [6.45, 7) is 1.98. The van der Waals surface area contributed by atoms with Gasteiger partial charge in [0.15, 0.2) is 11.6 Å². The van der Waals surface area contributed by atoms with E-state index in [1.54, 1.807) is 25.3 Å². The van der Waals surface area contributed by atoms with E-state index >= 15 is 0 Å². The van der Waals surface area contributed by atoms with E-state index in [1.807, 2.05) is 18.2 Å². The minimum atomic E-state index is -0.554. The Morgan fingerprint density at radius 3 is 2.67 bits per heavy atom. The maximum atomic E-state index is 13.9. The Hall–Kier alpha value is -1.62. The summed E-state index contributed by atoms with van der Waals surface area (Å²) in [5.41, 5.74) is 0.938. The van der Waals surface area contributed by atoms with Gasteiger partial charge in [-0.25, -0.2) is 4.39 Å². The Morgan fingerprint density at radius 2 is 1.86 bits per heavy atom. The van der Waals surface area contributed by atoms with Crippen LogP contribution in [-0.2, 0) is 11.3 Å². The van der Waals surface area contributed by atoms with Crippen LogP contribution >= 0.6 is 11.6 Å². The van der Waals surface area contributed by atoms with Crippen molar-refractivity contribution in [3.8, 4) is 11.5 Å². The lowest BCUT2D eigenvalue weighted by atomic mass is 10.2. The van der Waals surface area contributed by atoms with Crippen LogP contribution in [0.4, 0.5) is 4.39 Å². The van der Waals surface area contributed by atoms with Crippen molar-refractivity contribution < 1.29 is 13.9 Å². The van der Waals surface area contributed by atoms with Crippen molar-refractivity contribution in [3.63, 3.8) is 0 Å². The van der Waals surface area contributed by atoms with E-state index in [0.717, 1.165) is 12.1 Å². The van der Waals surface area contributed by atoms with E-state index < -0.39 is 5.82 Å². The van der Waals surface area contributed by atoms with Gasteiger partial charge in [0.25, 0.3) is 0 Å². The van der Waals surface area contributed by atoms with Crippen molar-refractivity contribution in [1.82, 2.24) is 5.32 Å². The number of ether oxygens (including phenoxy) is 2. The van der Waals surface area contributed by atoms with E-state index in [4.69, 9.17) is 21.1 Å². The van der Waals surface area contributed by atoms with Crippen LogP contribution in [0.1, 0.15) is 5.56 Å². The molecule has 0 bridgehead atoms. The summed E-state index contributed by atoms with van der Waals surface area (Å²) in [7, 11) is 1.65. The second-order valence-corrected chi connectivity index (χ2v) is 4.84. The first-order chi connectivity index (χ1) is 10.2. The third-order valence-electron chi connectivity index (χ3n) is 2.91. The Balaban J connectivity index is 2.11. The number of hydrogen-bond acceptors (Lipinski definition) is 3. The Labute approximate surface area is 128 Å². The number of hydrogen-bond donors (Lipinski definition) is 1. The van der Waals surface area contributed by atoms with Gasteiger partial charge in [0.1, 0.15) is 5.75 Å². The van der Waals surface area contributed by atoms with Gasteiger partial charge in [-0.05, 0) is 18.2 Å². The lowest BCUT2D eigenvalue weighted by molar-refractivity contribution is 0.199. The largest absolute Gasteiger partial charge is 0.454 e. The van der Waals surface area contributed by atoms with Gasteiger partial charge in [0.2, 0.25) is 0 Å².